The van der Waals surface area contributed by atoms with E-state index in [0.29, 0.717) is 12.0 Å². The summed E-state index contributed by atoms with van der Waals surface area (Å²) in [4.78, 5) is 28.3. The summed E-state index contributed by atoms with van der Waals surface area (Å²) in [6.45, 7) is 6.69. The molecule has 0 atom stereocenters. The maximum Gasteiger partial charge on any atom is 0.368 e. The van der Waals surface area contributed by atoms with Gasteiger partial charge in [-0.15, -0.1) is 0 Å². The first kappa shape index (κ1) is 16.1. The molecule has 0 aromatic heterocycles. The Bertz CT molecular complexity index is 206. The molecule has 0 heterocycles. The van der Waals surface area contributed by atoms with Crippen molar-refractivity contribution >= 4 is 11.9 Å². The highest BCUT2D eigenvalue weighted by Gasteiger charge is 2.07. The molecule has 0 amide bonds. The van der Waals surface area contributed by atoms with Gasteiger partial charge < -0.3 is 5.11 Å². The highest BCUT2D eigenvalue weighted by Crippen LogP contribution is 2.06. The molecular weight excluding hydrogens is 200 g/mol. The van der Waals surface area contributed by atoms with Crippen LogP contribution in [0.3, 0.4) is 0 Å². The molecule has 0 rings (SSSR count). The Kier molecular flexibility index (Phi) is 11.5. The summed E-state index contributed by atoms with van der Waals surface area (Å²) in [5, 5.41) is 7.42. The Morgan fingerprint density at radius 1 is 1.40 bits per heavy atom. The summed E-state index contributed by atoms with van der Waals surface area (Å²) in [6, 6.07) is 0. The van der Waals surface area contributed by atoms with Crippen LogP contribution in [0.1, 0.15) is 33.1 Å². The maximum absolute atomic E-state index is 10.8. The number of rotatable bonds is 5. The minimum absolute atomic E-state index is 0.466. The van der Waals surface area contributed by atoms with Crippen LogP contribution in [-0.4, -0.2) is 24.2 Å². The van der Waals surface area contributed by atoms with Gasteiger partial charge in [-0.25, -0.2) is 4.79 Å². The summed E-state index contributed by atoms with van der Waals surface area (Å²) in [5.74, 6) is -1.30. The van der Waals surface area contributed by atoms with E-state index in [4.69, 9.17) is 9.90 Å². The molecular formula is C10H18O5. The molecule has 5 nitrogen and oxygen atoms in total. The van der Waals surface area contributed by atoms with E-state index in [0.717, 1.165) is 19.8 Å². The predicted octanol–water partition coefficient (Wildman–Crippen LogP) is 1.93. The smallest absolute Gasteiger partial charge is 0.368 e. The van der Waals surface area contributed by atoms with Crippen LogP contribution in [0.15, 0.2) is 12.2 Å². The average molecular weight is 218 g/mol. The van der Waals surface area contributed by atoms with Gasteiger partial charge in [0.1, 0.15) is 0 Å². The van der Waals surface area contributed by atoms with Crippen LogP contribution in [-0.2, 0) is 19.4 Å². The zero-order valence-electron chi connectivity index (χ0n) is 9.41. The van der Waals surface area contributed by atoms with Crippen molar-refractivity contribution in [3.63, 3.8) is 0 Å². The van der Waals surface area contributed by atoms with Gasteiger partial charge in [-0.3, -0.25) is 9.68 Å². The number of unbranched alkanes of at least 4 members (excludes halogenated alkanes) is 1. The van der Waals surface area contributed by atoms with Crippen LogP contribution in [0, 0.1) is 0 Å². The van der Waals surface area contributed by atoms with Gasteiger partial charge in [-0.05, 0) is 12.8 Å². The van der Waals surface area contributed by atoms with Crippen LogP contribution >= 0.6 is 0 Å². The summed E-state index contributed by atoms with van der Waals surface area (Å²) in [7, 11) is 1.30. The largest absolute Gasteiger partial charge is 0.481 e. The molecule has 5 heteroatoms. The topological polar surface area (TPSA) is 72.8 Å². The first-order chi connectivity index (χ1) is 6.95. The number of carbonyl (C=O) groups excluding carboxylic acids is 1. The number of hydrogen-bond donors (Lipinski definition) is 1. The maximum atomic E-state index is 10.8. The van der Waals surface area contributed by atoms with Crippen molar-refractivity contribution in [3.05, 3.63) is 12.2 Å². The van der Waals surface area contributed by atoms with Crippen molar-refractivity contribution in [3.8, 4) is 0 Å². The molecule has 15 heavy (non-hydrogen) atoms. The van der Waals surface area contributed by atoms with Gasteiger partial charge in [0.2, 0.25) is 0 Å². The minimum Gasteiger partial charge on any atom is -0.481 e. The molecule has 0 aliphatic carbocycles. The van der Waals surface area contributed by atoms with Crippen molar-refractivity contribution < 1.29 is 24.5 Å². The third-order valence-corrected chi connectivity index (χ3v) is 1.28. The molecule has 0 saturated carbocycles. The average Bonchev–Trinajstić information content (AvgIpc) is 2.13. The van der Waals surface area contributed by atoms with Crippen molar-refractivity contribution in [2.24, 2.45) is 0 Å². The minimum atomic E-state index is -0.833. The number of aliphatic carboxylic acids is 1. The second kappa shape index (κ2) is 10.7. The van der Waals surface area contributed by atoms with Gasteiger partial charge in [0, 0.05) is 12.5 Å². The van der Waals surface area contributed by atoms with Crippen LogP contribution in [0.4, 0.5) is 0 Å². The van der Waals surface area contributed by atoms with Gasteiger partial charge in [0.05, 0.1) is 7.11 Å². The summed E-state index contributed by atoms with van der Waals surface area (Å²) in [6.07, 6.45) is 2.68. The Balaban J connectivity index is 0. The van der Waals surface area contributed by atoms with E-state index in [9.17, 15) is 4.79 Å². The second-order valence-corrected chi connectivity index (χ2v) is 2.76. The lowest BCUT2D eigenvalue weighted by atomic mass is 10.1. The molecule has 0 aromatic carbocycles. The Hall–Kier alpha value is -1.36. The van der Waals surface area contributed by atoms with Crippen LogP contribution in [0.25, 0.3) is 0 Å². The Morgan fingerprint density at radius 2 is 1.87 bits per heavy atom. The molecule has 0 aliphatic rings. The van der Waals surface area contributed by atoms with Crippen molar-refractivity contribution in [1.29, 1.82) is 0 Å². The molecule has 0 unspecified atom stereocenters. The third-order valence-electron chi connectivity index (χ3n) is 1.28. The number of carboxylic acids is 1. The molecule has 0 aromatic rings. The van der Waals surface area contributed by atoms with Crippen molar-refractivity contribution in [2.75, 3.05) is 7.11 Å². The third kappa shape index (κ3) is 15.4. The van der Waals surface area contributed by atoms with Gasteiger partial charge in [-0.1, -0.05) is 19.9 Å². The molecule has 1 N–H and O–H groups in total. The van der Waals surface area contributed by atoms with E-state index in [-0.39, 0.29) is 0 Å². The quantitative estimate of drug-likeness (QED) is 0.433. The van der Waals surface area contributed by atoms with E-state index < -0.39 is 11.9 Å². The second-order valence-electron chi connectivity index (χ2n) is 2.76. The van der Waals surface area contributed by atoms with E-state index in [1.807, 2.05) is 0 Å². The lowest BCUT2D eigenvalue weighted by molar-refractivity contribution is -0.250. The standard InChI is InChI=1S/C8H14O3.C2H4O2/c1-4-5-6-7(2)8(9)11-10-3;1-2(3)4/h2,4-6H2,1,3H3;1H3,(H,3,4). The first-order valence-electron chi connectivity index (χ1n) is 4.58. The normalized spacial score (nSPS) is 8.47. The predicted molar refractivity (Wildman–Crippen MR) is 55.1 cm³/mol. The fraction of sp³-hybridized carbons (Fsp3) is 0.600. The molecule has 0 aliphatic heterocycles. The van der Waals surface area contributed by atoms with E-state index in [2.05, 4.69) is 23.3 Å². The highest BCUT2D eigenvalue weighted by molar-refractivity contribution is 5.87. The molecule has 0 fully saturated rings. The highest BCUT2D eigenvalue weighted by atomic mass is 17.2. The van der Waals surface area contributed by atoms with Gasteiger partial charge >= 0.3 is 5.97 Å². The zero-order chi connectivity index (χ0) is 12.3. The fourth-order valence-electron chi connectivity index (χ4n) is 0.627. The molecule has 0 radical (unpaired) electrons. The van der Waals surface area contributed by atoms with E-state index >= 15 is 0 Å². The number of hydrogen-bond acceptors (Lipinski definition) is 4. The van der Waals surface area contributed by atoms with Crippen molar-refractivity contribution in [2.45, 2.75) is 33.1 Å². The Morgan fingerprint density at radius 3 is 2.20 bits per heavy atom. The van der Waals surface area contributed by atoms with Gasteiger partial charge in [0.25, 0.3) is 5.97 Å². The zero-order valence-corrected chi connectivity index (χ0v) is 9.41. The fourth-order valence-corrected chi connectivity index (χ4v) is 0.627. The number of carbonyl (C=O) groups is 2. The van der Waals surface area contributed by atoms with Crippen LogP contribution in [0.5, 0.6) is 0 Å². The summed E-state index contributed by atoms with van der Waals surface area (Å²) >= 11 is 0. The first-order valence-corrected chi connectivity index (χ1v) is 4.58. The molecule has 0 spiro atoms. The molecule has 0 saturated heterocycles. The van der Waals surface area contributed by atoms with Crippen molar-refractivity contribution in [1.82, 2.24) is 0 Å². The monoisotopic (exact) mass is 218 g/mol. The lowest BCUT2D eigenvalue weighted by Crippen LogP contribution is -2.05. The molecule has 0 bridgehead atoms. The Labute approximate surface area is 89.6 Å². The number of carboxylic acid groups (broad SMARTS) is 1. The van der Waals surface area contributed by atoms with Crippen LogP contribution in [0.2, 0.25) is 0 Å². The summed E-state index contributed by atoms with van der Waals surface area (Å²) < 4.78 is 0. The van der Waals surface area contributed by atoms with Gasteiger partial charge in [-0.2, -0.15) is 4.89 Å². The summed E-state index contributed by atoms with van der Waals surface area (Å²) in [5.41, 5.74) is 0.466. The van der Waals surface area contributed by atoms with E-state index in [1.165, 1.54) is 7.11 Å². The SMILES string of the molecule is C=C(CCCC)C(=O)OOC.CC(=O)O. The van der Waals surface area contributed by atoms with E-state index in [1.54, 1.807) is 0 Å². The molecule has 88 valence electrons. The van der Waals surface area contributed by atoms with Crippen LogP contribution < -0.4 is 0 Å². The lowest BCUT2D eigenvalue weighted by Gasteiger charge is -2.01. The van der Waals surface area contributed by atoms with Gasteiger partial charge in [0.15, 0.2) is 0 Å².